The maximum absolute atomic E-state index is 11.0. The number of carbonyl (C=O) groups is 1. The Hall–Kier alpha value is -1.77. The van der Waals surface area contributed by atoms with Gasteiger partial charge in [-0.25, -0.2) is 0 Å². The SMILES string of the molecule is CCC(=O)OCCc1cn(C)c2ccccc12. The monoisotopic (exact) mass is 231 g/mol. The quantitative estimate of drug-likeness (QED) is 0.757. The number of benzene rings is 1. The summed E-state index contributed by atoms with van der Waals surface area (Å²) in [5, 5.41) is 1.24. The summed E-state index contributed by atoms with van der Waals surface area (Å²) >= 11 is 0. The van der Waals surface area contributed by atoms with Gasteiger partial charge in [0.25, 0.3) is 0 Å². The largest absolute Gasteiger partial charge is 0.465 e. The molecule has 0 N–H and O–H groups in total. The predicted octanol–water partition coefficient (Wildman–Crippen LogP) is 2.67. The molecule has 3 heteroatoms. The number of ether oxygens (including phenoxy) is 1. The fourth-order valence-corrected chi connectivity index (χ4v) is 2.00. The molecule has 90 valence electrons. The molecule has 1 aromatic heterocycles. The molecule has 0 amide bonds. The molecule has 2 rings (SSSR count). The van der Waals surface area contributed by atoms with Crippen molar-refractivity contribution in [2.75, 3.05) is 6.61 Å². The molecular weight excluding hydrogens is 214 g/mol. The van der Waals surface area contributed by atoms with Gasteiger partial charge in [-0.3, -0.25) is 4.79 Å². The van der Waals surface area contributed by atoms with Gasteiger partial charge in [0.2, 0.25) is 0 Å². The lowest BCUT2D eigenvalue weighted by atomic mass is 10.1. The molecule has 0 aliphatic carbocycles. The van der Waals surface area contributed by atoms with Crippen LogP contribution in [0.5, 0.6) is 0 Å². The van der Waals surface area contributed by atoms with Crippen LogP contribution in [0.2, 0.25) is 0 Å². The third kappa shape index (κ3) is 2.49. The van der Waals surface area contributed by atoms with Gasteiger partial charge in [0.05, 0.1) is 6.61 Å². The van der Waals surface area contributed by atoms with E-state index in [0.29, 0.717) is 13.0 Å². The van der Waals surface area contributed by atoms with Crippen LogP contribution >= 0.6 is 0 Å². The molecule has 3 nitrogen and oxygen atoms in total. The molecule has 0 spiro atoms. The Morgan fingerprint density at radius 1 is 1.35 bits per heavy atom. The van der Waals surface area contributed by atoms with Gasteiger partial charge in [0, 0.05) is 37.0 Å². The Bertz CT molecular complexity index is 528. The normalized spacial score (nSPS) is 10.7. The van der Waals surface area contributed by atoms with Crippen molar-refractivity contribution in [3.05, 3.63) is 36.0 Å². The van der Waals surface area contributed by atoms with Gasteiger partial charge in [-0.05, 0) is 11.6 Å². The van der Waals surface area contributed by atoms with E-state index in [1.165, 1.54) is 16.5 Å². The molecule has 0 bridgehead atoms. The Morgan fingerprint density at radius 2 is 2.12 bits per heavy atom. The van der Waals surface area contributed by atoms with Gasteiger partial charge in [-0.15, -0.1) is 0 Å². The third-order valence-electron chi connectivity index (χ3n) is 2.90. The molecule has 0 aliphatic rings. The summed E-state index contributed by atoms with van der Waals surface area (Å²) < 4.78 is 7.21. The minimum atomic E-state index is -0.134. The molecule has 2 aromatic rings. The van der Waals surface area contributed by atoms with Crippen LogP contribution in [0.4, 0.5) is 0 Å². The van der Waals surface area contributed by atoms with E-state index in [2.05, 4.69) is 22.9 Å². The Kier molecular flexibility index (Phi) is 3.47. The van der Waals surface area contributed by atoms with E-state index in [0.717, 1.165) is 6.42 Å². The van der Waals surface area contributed by atoms with Crippen molar-refractivity contribution in [2.45, 2.75) is 19.8 Å². The van der Waals surface area contributed by atoms with Crippen molar-refractivity contribution in [2.24, 2.45) is 7.05 Å². The van der Waals surface area contributed by atoms with Gasteiger partial charge in [-0.1, -0.05) is 25.1 Å². The molecule has 0 aliphatic heterocycles. The van der Waals surface area contributed by atoms with Crippen molar-refractivity contribution in [3.8, 4) is 0 Å². The van der Waals surface area contributed by atoms with Crippen molar-refractivity contribution in [1.29, 1.82) is 0 Å². The standard InChI is InChI=1S/C14H17NO2/c1-3-14(16)17-9-8-11-10-15(2)13-7-5-4-6-12(11)13/h4-7,10H,3,8-9H2,1-2H3. The molecule has 1 heterocycles. The molecule has 0 unspecified atom stereocenters. The van der Waals surface area contributed by atoms with Crippen LogP contribution in [0.25, 0.3) is 10.9 Å². The lowest BCUT2D eigenvalue weighted by Crippen LogP contribution is -2.05. The summed E-state index contributed by atoms with van der Waals surface area (Å²) in [7, 11) is 2.03. The fraction of sp³-hybridized carbons (Fsp3) is 0.357. The topological polar surface area (TPSA) is 31.2 Å². The first kappa shape index (κ1) is 11.7. The highest BCUT2D eigenvalue weighted by Gasteiger charge is 2.06. The highest BCUT2D eigenvalue weighted by atomic mass is 16.5. The van der Waals surface area contributed by atoms with E-state index in [4.69, 9.17) is 4.74 Å². The van der Waals surface area contributed by atoms with Crippen LogP contribution in [0.1, 0.15) is 18.9 Å². The Morgan fingerprint density at radius 3 is 2.88 bits per heavy atom. The van der Waals surface area contributed by atoms with Crippen molar-refractivity contribution >= 4 is 16.9 Å². The van der Waals surface area contributed by atoms with Gasteiger partial charge < -0.3 is 9.30 Å². The number of hydrogen-bond donors (Lipinski definition) is 0. The van der Waals surface area contributed by atoms with Gasteiger partial charge >= 0.3 is 5.97 Å². The van der Waals surface area contributed by atoms with E-state index >= 15 is 0 Å². The van der Waals surface area contributed by atoms with Crippen molar-refractivity contribution in [3.63, 3.8) is 0 Å². The first-order valence-electron chi connectivity index (χ1n) is 5.91. The van der Waals surface area contributed by atoms with Crippen molar-refractivity contribution in [1.82, 2.24) is 4.57 Å². The second-order valence-corrected chi connectivity index (χ2v) is 4.11. The Labute approximate surface area is 101 Å². The number of esters is 1. The van der Waals surface area contributed by atoms with E-state index < -0.39 is 0 Å². The first-order valence-corrected chi connectivity index (χ1v) is 5.91. The van der Waals surface area contributed by atoms with E-state index in [1.54, 1.807) is 6.92 Å². The van der Waals surface area contributed by atoms with E-state index in [9.17, 15) is 4.79 Å². The summed E-state index contributed by atoms with van der Waals surface area (Å²) in [6.45, 7) is 2.26. The predicted molar refractivity (Wildman–Crippen MR) is 67.9 cm³/mol. The maximum atomic E-state index is 11.0. The lowest BCUT2D eigenvalue weighted by Gasteiger charge is -2.02. The number of aromatic nitrogens is 1. The van der Waals surface area contributed by atoms with E-state index in [1.807, 2.05) is 19.2 Å². The van der Waals surface area contributed by atoms with E-state index in [-0.39, 0.29) is 5.97 Å². The summed E-state index contributed by atoms with van der Waals surface area (Å²) in [6.07, 6.45) is 3.31. The number of para-hydroxylation sites is 1. The molecular formula is C14H17NO2. The lowest BCUT2D eigenvalue weighted by molar-refractivity contribution is -0.143. The van der Waals surface area contributed by atoms with Crippen LogP contribution in [0, 0.1) is 0 Å². The molecule has 0 atom stereocenters. The zero-order valence-corrected chi connectivity index (χ0v) is 10.3. The minimum Gasteiger partial charge on any atom is -0.465 e. The average molecular weight is 231 g/mol. The highest BCUT2D eigenvalue weighted by molar-refractivity contribution is 5.83. The number of hydrogen-bond acceptors (Lipinski definition) is 2. The van der Waals surface area contributed by atoms with Gasteiger partial charge in [0.1, 0.15) is 0 Å². The first-order chi connectivity index (χ1) is 8.22. The zero-order chi connectivity index (χ0) is 12.3. The number of nitrogens with zero attached hydrogens (tertiary/aromatic N) is 1. The van der Waals surface area contributed by atoms with Crippen LogP contribution < -0.4 is 0 Å². The molecule has 17 heavy (non-hydrogen) atoms. The average Bonchev–Trinajstić information content (AvgIpc) is 2.67. The van der Waals surface area contributed by atoms with Crippen LogP contribution in [0.3, 0.4) is 0 Å². The zero-order valence-electron chi connectivity index (χ0n) is 10.3. The summed E-state index contributed by atoms with van der Waals surface area (Å²) in [6, 6.07) is 8.26. The number of fused-ring (bicyclic) bond motifs is 1. The van der Waals surface area contributed by atoms with Gasteiger partial charge in [-0.2, -0.15) is 0 Å². The summed E-state index contributed by atoms with van der Waals surface area (Å²) in [5.74, 6) is -0.134. The highest BCUT2D eigenvalue weighted by Crippen LogP contribution is 2.20. The maximum Gasteiger partial charge on any atom is 0.305 e. The smallest absolute Gasteiger partial charge is 0.305 e. The van der Waals surface area contributed by atoms with Crippen molar-refractivity contribution < 1.29 is 9.53 Å². The number of aryl methyl sites for hydroxylation is 1. The number of carbonyl (C=O) groups excluding carboxylic acids is 1. The van der Waals surface area contributed by atoms with Crippen LogP contribution in [0.15, 0.2) is 30.5 Å². The van der Waals surface area contributed by atoms with Crippen LogP contribution in [-0.2, 0) is 23.0 Å². The fourth-order valence-electron chi connectivity index (χ4n) is 2.00. The summed E-state index contributed by atoms with van der Waals surface area (Å²) in [4.78, 5) is 11.0. The Balaban J connectivity index is 2.11. The van der Waals surface area contributed by atoms with Crippen LogP contribution in [-0.4, -0.2) is 17.1 Å². The molecule has 0 saturated carbocycles. The molecule has 0 radical (unpaired) electrons. The second kappa shape index (κ2) is 5.04. The molecule has 0 fully saturated rings. The van der Waals surface area contributed by atoms with Gasteiger partial charge in [0.15, 0.2) is 0 Å². The summed E-state index contributed by atoms with van der Waals surface area (Å²) in [5.41, 5.74) is 2.44. The molecule has 1 aromatic carbocycles. The third-order valence-corrected chi connectivity index (χ3v) is 2.90. The minimum absolute atomic E-state index is 0.134. The number of rotatable bonds is 4. The second-order valence-electron chi connectivity index (χ2n) is 4.11. The molecule has 0 saturated heterocycles.